The first-order valence-corrected chi connectivity index (χ1v) is 14.1. The Bertz CT molecular complexity index is 1220. The summed E-state index contributed by atoms with van der Waals surface area (Å²) in [5.41, 5.74) is -1.42. The number of fused-ring (bicyclic) bond motifs is 2. The van der Waals surface area contributed by atoms with Gasteiger partial charge >= 0.3 is 0 Å². The van der Waals surface area contributed by atoms with E-state index in [4.69, 9.17) is 14.2 Å². The van der Waals surface area contributed by atoms with Crippen LogP contribution in [0.2, 0.25) is 0 Å². The van der Waals surface area contributed by atoms with Crippen LogP contribution in [-0.4, -0.2) is 58.5 Å². The van der Waals surface area contributed by atoms with Crippen LogP contribution in [0.5, 0.6) is 0 Å². The lowest BCUT2D eigenvalue weighted by Gasteiger charge is -2.34. The summed E-state index contributed by atoms with van der Waals surface area (Å²) in [4.78, 5) is 0.126. The van der Waals surface area contributed by atoms with Crippen molar-refractivity contribution in [2.45, 2.75) is 57.5 Å². The molecule has 176 valence electrons. The lowest BCUT2D eigenvalue weighted by molar-refractivity contribution is -0.185. The van der Waals surface area contributed by atoms with E-state index in [9.17, 15) is 16.8 Å². The smallest absolute Gasteiger partial charge is 0.185 e. The number of ether oxygens (including phenoxy) is 3. The first-order chi connectivity index (χ1) is 15.8. The normalized spacial score (nSPS) is 31.6. The second-order valence-corrected chi connectivity index (χ2v) is 12.8. The van der Waals surface area contributed by atoms with E-state index in [0.29, 0.717) is 13.0 Å². The molecule has 3 aliphatic heterocycles. The molecule has 7 nitrogen and oxygen atoms in total. The average molecular weight is 491 g/mol. The molecule has 3 heterocycles. The molecule has 0 spiro atoms. The lowest BCUT2D eigenvalue weighted by Crippen LogP contribution is -2.54. The molecular weight excluding hydrogens is 464 g/mol. The summed E-state index contributed by atoms with van der Waals surface area (Å²) < 4.78 is 73.0. The van der Waals surface area contributed by atoms with Gasteiger partial charge in [-0.1, -0.05) is 48.6 Å². The maximum absolute atomic E-state index is 13.9. The lowest BCUT2D eigenvalue weighted by atomic mass is 9.94. The summed E-state index contributed by atoms with van der Waals surface area (Å²) in [7, 11) is -8.13. The molecule has 5 rings (SSSR count). The van der Waals surface area contributed by atoms with Gasteiger partial charge in [-0.2, -0.15) is 0 Å². The van der Waals surface area contributed by atoms with E-state index in [-0.39, 0.29) is 16.4 Å². The number of sulfone groups is 2. The summed E-state index contributed by atoms with van der Waals surface area (Å²) in [6, 6.07) is 15.8. The zero-order valence-corrected chi connectivity index (χ0v) is 19.6. The SMILES string of the molecule is O=S(=O)(c1ccccc1)[C@@H]1[C@@H]2C=C[C@](CO[C@@H]3CCCCO3)(O2)[C@@H]1S(=O)(=O)c1ccccc1. The minimum Gasteiger partial charge on any atom is -0.358 e. The van der Waals surface area contributed by atoms with Gasteiger partial charge in [0, 0.05) is 6.61 Å². The third kappa shape index (κ3) is 3.95. The van der Waals surface area contributed by atoms with Gasteiger partial charge in [0.25, 0.3) is 0 Å². The van der Waals surface area contributed by atoms with Gasteiger partial charge in [0.15, 0.2) is 26.0 Å². The van der Waals surface area contributed by atoms with Crippen molar-refractivity contribution in [1.82, 2.24) is 0 Å². The standard InChI is InChI=1S/C24H26O7S2/c25-32(26,18-9-3-1-4-10-18)22-20-14-15-24(31-20,17-30-21-13-7-8-16-29-21)23(22)33(27,28)19-11-5-2-6-12-19/h1-6,9-12,14-15,20-23H,7-8,13,16-17H2/t20-,21+,22+,23+,24+/m0/s1. The highest BCUT2D eigenvalue weighted by molar-refractivity contribution is 7.96. The van der Waals surface area contributed by atoms with Crippen LogP contribution in [0.25, 0.3) is 0 Å². The maximum Gasteiger partial charge on any atom is 0.185 e. The molecule has 0 aromatic heterocycles. The number of benzene rings is 2. The van der Waals surface area contributed by atoms with Gasteiger partial charge < -0.3 is 14.2 Å². The molecule has 2 aromatic carbocycles. The van der Waals surface area contributed by atoms with Gasteiger partial charge in [-0.3, -0.25) is 0 Å². The van der Waals surface area contributed by atoms with Gasteiger partial charge in [0.1, 0.15) is 16.1 Å². The minimum atomic E-state index is -4.10. The molecule has 5 atom stereocenters. The van der Waals surface area contributed by atoms with Crippen molar-refractivity contribution in [2.24, 2.45) is 0 Å². The average Bonchev–Trinajstić information content (AvgIpc) is 3.42. The molecule has 9 heteroatoms. The monoisotopic (exact) mass is 490 g/mol. The third-order valence-corrected chi connectivity index (χ3v) is 11.1. The molecule has 0 amide bonds. The molecule has 0 N–H and O–H groups in total. The highest BCUT2D eigenvalue weighted by atomic mass is 32.2. The van der Waals surface area contributed by atoms with Crippen LogP contribution in [0.1, 0.15) is 19.3 Å². The number of hydrogen-bond acceptors (Lipinski definition) is 7. The van der Waals surface area contributed by atoms with Crippen molar-refractivity contribution in [3.8, 4) is 0 Å². The second kappa shape index (κ2) is 8.63. The van der Waals surface area contributed by atoms with Crippen molar-refractivity contribution in [3.05, 3.63) is 72.8 Å². The van der Waals surface area contributed by atoms with E-state index in [0.717, 1.165) is 12.8 Å². The topological polar surface area (TPSA) is 96.0 Å². The van der Waals surface area contributed by atoms with Gasteiger partial charge in [-0.25, -0.2) is 16.8 Å². The Morgan fingerprint density at radius 2 is 1.52 bits per heavy atom. The quantitative estimate of drug-likeness (QED) is 0.551. The van der Waals surface area contributed by atoms with E-state index in [1.807, 2.05) is 0 Å². The van der Waals surface area contributed by atoms with Crippen molar-refractivity contribution in [3.63, 3.8) is 0 Å². The van der Waals surface area contributed by atoms with Crippen LogP contribution in [0.15, 0.2) is 82.6 Å². The van der Waals surface area contributed by atoms with E-state index in [1.54, 1.807) is 48.6 Å². The molecule has 2 fully saturated rings. The molecule has 0 unspecified atom stereocenters. The van der Waals surface area contributed by atoms with E-state index in [1.165, 1.54) is 24.3 Å². The Labute approximate surface area is 194 Å². The minimum absolute atomic E-state index is 0.0566. The van der Waals surface area contributed by atoms with E-state index in [2.05, 4.69) is 0 Å². The summed E-state index contributed by atoms with van der Waals surface area (Å²) >= 11 is 0. The van der Waals surface area contributed by atoms with Gasteiger partial charge in [0.05, 0.1) is 22.5 Å². The molecule has 0 radical (unpaired) electrons. The Balaban J connectivity index is 1.57. The fourth-order valence-electron chi connectivity index (χ4n) is 4.91. The fraction of sp³-hybridized carbons (Fsp3) is 0.417. The summed E-state index contributed by atoms with van der Waals surface area (Å²) in [6.07, 6.45) is 4.55. The molecule has 3 aliphatic rings. The third-order valence-electron chi connectivity index (χ3n) is 6.50. The van der Waals surface area contributed by atoms with Crippen molar-refractivity contribution >= 4 is 19.7 Å². The van der Waals surface area contributed by atoms with Gasteiger partial charge in [-0.05, 0) is 43.5 Å². The fourth-order valence-corrected chi connectivity index (χ4v) is 9.76. The van der Waals surface area contributed by atoms with Crippen LogP contribution in [-0.2, 0) is 33.9 Å². The van der Waals surface area contributed by atoms with E-state index < -0.39 is 48.2 Å². The molecule has 2 saturated heterocycles. The first kappa shape index (κ1) is 22.7. The highest BCUT2D eigenvalue weighted by Crippen LogP contribution is 2.48. The number of rotatable bonds is 7. The van der Waals surface area contributed by atoms with Crippen LogP contribution in [0.4, 0.5) is 0 Å². The molecule has 2 aromatic rings. The maximum atomic E-state index is 13.9. The second-order valence-electron chi connectivity index (χ2n) is 8.61. The van der Waals surface area contributed by atoms with Crippen molar-refractivity contribution in [2.75, 3.05) is 13.2 Å². The van der Waals surface area contributed by atoms with Crippen molar-refractivity contribution in [1.29, 1.82) is 0 Å². The molecule has 0 saturated carbocycles. The van der Waals surface area contributed by atoms with E-state index >= 15 is 0 Å². The van der Waals surface area contributed by atoms with Crippen LogP contribution >= 0.6 is 0 Å². The number of hydrogen-bond donors (Lipinski definition) is 0. The molecular formula is C24H26O7S2. The summed E-state index contributed by atoms with van der Waals surface area (Å²) in [5.74, 6) is 0. The summed E-state index contributed by atoms with van der Waals surface area (Å²) in [5, 5.41) is -2.66. The molecule has 33 heavy (non-hydrogen) atoms. The van der Waals surface area contributed by atoms with Gasteiger partial charge in [0.2, 0.25) is 0 Å². The van der Waals surface area contributed by atoms with Crippen LogP contribution < -0.4 is 0 Å². The molecule has 2 bridgehead atoms. The summed E-state index contributed by atoms with van der Waals surface area (Å²) in [6.45, 7) is 0.468. The Hall–Kier alpha value is -2.04. The van der Waals surface area contributed by atoms with Crippen molar-refractivity contribution < 1.29 is 31.0 Å². The van der Waals surface area contributed by atoms with Crippen LogP contribution in [0, 0.1) is 0 Å². The first-order valence-electron chi connectivity index (χ1n) is 11.0. The predicted molar refractivity (Wildman–Crippen MR) is 121 cm³/mol. The largest absolute Gasteiger partial charge is 0.358 e. The Morgan fingerprint density at radius 1 is 0.879 bits per heavy atom. The highest BCUT2D eigenvalue weighted by Gasteiger charge is 2.66. The Kier molecular flexibility index (Phi) is 5.95. The molecule has 0 aliphatic carbocycles. The predicted octanol–water partition coefficient (Wildman–Crippen LogP) is 2.92. The zero-order chi connectivity index (χ0) is 23.1. The van der Waals surface area contributed by atoms with Crippen LogP contribution in [0.3, 0.4) is 0 Å². The zero-order valence-electron chi connectivity index (χ0n) is 17.9. The van der Waals surface area contributed by atoms with Gasteiger partial charge in [-0.15, -0.1) is 0 Å². The Morgan fingerprint density at radius 3 is 2.12 bits per heavy atom.